The van der Waals surface area contributed by atoms with E-state index >= 15 is 0 Å². The number of nitrogens with zero attached hydrogens (tertiary/aromatic N) is 2. The molecule has 2 aliphatic rings. The van der Waals surface area contributed by atoms with E-state index in [0.29, 0.717) is 35.1 Å². The van der Waals surface area contributed by atoms with Crippen LogP contribution >= 0.6 is 12.2 Å². The highest BCUT2D eigenvalue weighted by Crippen LogP contribution is 2.36. The van der Waals surface area contributed by atoms with Gasteiger partial charge in [-0.05, 0) is 78.8 Å². The smallest absolute Gasteiger partial charge is 0.416 e. The van der Waals surface area contributed by atoms with Gasteiger partial charge in [0.15, 0.2) is 16.6 Å². The second-order valence-corrected chi connectivity index (χ2v) is 9.83. The number of fused-ring (bicyclic) bond motifs is 1. The molecule has 1 atom stereocenters. The number of halogens is 3. The fourth-order valence-electron chi connectivity index (χ4n) is 4.55. The summed E-state index contributed by atoms with van der Waals surface area (Å²) in [7, 11) is 0. The first-order valence-electron chi connectivity index (χ1n) is 12.9. The zero-order valence-corrected chi connectivity index (χ0v) is 22.8. The fourth-order valence-corrected chi connectivity index (χ4v) is 4.94. The van der Waals surface area contributed by atoms with Gasteiger partial charge in [-0.1, -0.05) is 19.1 Å². The molecule has 1 unspecified atom stereocenters. The molecule has 1 saturated heterocycles. The Morgan fingerprint density at radius 3 is 2.56 bits per heavy atom. The lowest BCUT2D eigenvalue weighted by Crippen LogP contribution is -2.37. The molecule has 0 radical (unpaired) electrons. The van der Waals surface area contributed by atoms with Crippen molar-refractivity contribution in [2.24, 2.45) is 0 Å². The summed E-state index contributed by atoms with van der Waals surface area (Å²) in [6, 6.07) is 15.4. The molecule has 8 nitrogen and oxygen atoms in total. The van der Waals surface area contributed by atoms with Crippen molar-refractivity contribution >= 4 is 40.5 Å². The van der Waals surface area contributed by atoms with Crippen LogP contribution in [0.25, 0.3) is 0 Å². The van der Waals surface area contributed by atoms with Crippen LogP contribution in [0.15, 0.2) is 66.7 Å². The maximum atomic E-state index is 13.7. The third-order valence-electron chi connectivity index (χ3n) is 6.53. The minimum absolute atomic E-state index is 0.0118. The number of nitrogens with one attached hydrogen (secondary N) is 1. The van der Waals surface area contributed by atoms with Gasteiger partial charge in [-0.3, -0.25) is 14.5 Å². The summed E-state index contributed by atoms with van der Waals surface area (Å²) in [5.41, 5.74) is 0.267. The van der Waals surface area contributed by atoms with E-state index in [-0.39, 0.29) is 30.6 Å². The van der Waals surface area contributed by atoms with Crippen LogP contribution in [-0.2, 0) is 22.3 Å². The second-order valence-electron chi connectivity index (χ2n) is 9.46. The van der Waals surface area contributed by atoms with E-state index in [4.69, 9.17) is 26.4 Å². The number of benzene rings is 3. The highest BCUT2D eigenvalue weighted by molar-refractivity contribution is 7.80. The number of anilines is 2. The number of rotatable bonds is 9. The van der Waals surface area contributed by atoms with E-state index in [1.165, 1.54) is 17.0 Å². The van der Waals surface area contributed by atoms with Crippen LogP contribution in [-0.4, -0.2) is 41.3 Å². The van der Waals surface area contributed by atoms with Gasteiger partial charge in [0.05, 0.1) is 24.3 Å². The van der Waals surface area contributed by atoms with E-state index < -0.39 is 29.6 Å². The number of alkyl halides is 3. The van der Waals surface area contributed by atoms with Crippen molar-refractivity contribution in [1.82, 2.24) is 4.90 Å². The third kappa shape index (κ3) is 6.22. The molecule has 3 aromatic carbocycles. The summed E-state index contributed by atoms with van der Waals surface area (Å²) in [5, 5.41) is 2.76. The molecule has 0 spiro atoms. The number of ether oxygens (including phenoxy) is 3. The van der Waals surface area contributed by atoms with Gasteiger partial charge in [0.1, 0.15) is 11.8 Å². The van der Waals surface area contributed by atoms with Gasteiger partial charge >= 0.3 is 6.18 Å². The second kappa shape index (κ2) is 11.7. The van der Waals surface area contributed by atoms with E-state index in [1.807, 2.05) is 6.92 Å². The summed E-state index contributed by atoms with van der Waals surface area (Å²) in [6.07, 6.45) is -4.04. The van der Waals surface area contributed by atoms with Crippen molar-refractivity contribution in [2.45, 2.75) is 38.5 Å². The first kappa shape index (κ1) is 28.2. The average molecular weight is 586 g/mol. The Kier molecular flexibility index (Phi) is 8.02. The standard InChI is InChI=1S/C29H26F3N3O5S/c1-2-12-38-22-9-7-20(8-10-22)33-26(36)15-23-27(37)35(21-5-3-4-19(14-21)29(30,31)32)28(41)34(23)16-18-6-11-24-25(13-18)40-17-39-24/h3-11,13-14,23H,2,12,15-17H2,1H3,(H,33,36). The topological polar surface area (TPSA) is 80.3 Å². The predicted octanol–water partition coefficient (Wildman–Crippen LogP) is 5.75. The SMILES string of the molecule is CCCOc1ccc(NC(=O)CC2C(=O)N(c3cccc(C(F)(F)F)c3)C(=S)N2Cc2ccc3c(c2)OCO3)cc1. The third-order valence-corrected chi connectivity index (χ3v) is 6.95. The molecule has 1 N–H and O–H groups in total. The number of thiocarbonyl (C=S) groups is 1. The number of hydrogen-bond donors (Lipinski definition) is 1. The molecule has 0 saturated carbocycles. The van der Waals surface area contributed by atoms with Gasteiger partial charge in [-0.25, -0.2) is 0 Å². The van der Waals surface area contributed by atoms with Crippen molar-refractivity contribution in [1.29, 1.82) is 0 Å². The molecule has 214 valence electrons. The highest BCUT2D eigenvalue weighted by Gasteiger charge is 2.45. The molecule has 5 rings (SSSR count). The fraction of sp³-hybridized carbons (Fsp3) is 0.276. The van der Waals surface area contributed by atoms with E-state index in [2.05, 4.69) is 5.32 Å². The van der Waals surface area contributed by atoms with Gasteiger partial charge in [0.2, 0.25) is 12.7 Å². The van der Waals surface area contributed by atoms with E-state index in [9.17, 15) is 22.8 Å². The molecule has 0 bridgehead atoms. The van der Waals surface area contributed by atoms with Crippen LogP contribution in [0.3, 0.4) is 0 Å². The Morgan fingerprint density at radius 1 is 1.07 bits per heavy atom. The lowest BCUT2D eigenvalue weighted by Gasteiger charge is -2.24. The molecule has 41 heavy (non-hydrogen) atoms. The van der Waals surface area contributed by atoms with Gasteiger partial charge < -0.3 is 24.4 Å². The molecular weight excluding hydrogens is 559 g/mol. The predicted molar refractivity (Wildman–Crippen MR) is 149 cm³/mol. The molecule has 2 amide bonds. The molecule has 0 aromatic heterocycles. The summed E-state index contributed by atoms with van der Waals surface area (Å²) in [5.74, 6) is 0.687. The monoisotopic (exact) mass is 585 g/mol. The lowest BCUT2D eigenvalue weighted by atomic mass is 10.1. The van der Waals surface area contributed by atoms with Gasteiger partial charge in [0.25, 0.3) is 5.91 Å². The number of amides is 2. The van der Waals surface area contributed by atoms with Crippen LogP contribution in [0.4, 0.5) is 24.5 Å². The van der Waals surface area contributed by atoms with Crippen molar-refractivity contribution < 1.29 is 37.0 Å². The largest absolute Gasteiger partial charge is 0.494 e. The summed E-state index contributed by atoms with van der Waals surface area (Å²) < 4.78 is 56.7. The highest BCUT2D eigenvalue weighted by atomic mass is 32.1. The first-order chi connectivity index (χ1) is 19.6. The quantitative estimate of drug-likeness (QED) is 0.320. The van der Waals surface area contributed by atoms with Crippen molar-refractivity contribution in [3.63, 3.8) is 0 Å². The molecule has 2 aliphatic heterocycles. The van der Waals surface area contributed by atoms with Gasteiger partial charge in [0, 0.05) is 12.2 Å². The van der Waals surface area contributed by atoms with E-state index in [0.717, 1.165) is 23.5 Å². The summed E-state index contributed by atoms with van der Waals surface area (Å²) in [4.78, 5) is 29.4. The Morgan fingerprint density at radius 2 is 1.83 bits per heavy atom. The van der Waals surface area contributed by atoms with Crippen LogP contribution in [0.5, 0.6) is 17.2 Å². The molecule has 1 fully saturated rings. The molecule has 2 heterocycles. The van der Waals surface area contributed by atoms with Crippen molar-refractivity contribution in [3.05, 3.63) is 77.9 Å². The number of carbonyl (C=O) groups is 2. The Bertz CT molecular complexity index is 1460. The van der Waals surface area contributed by atoms with Crippen molar-refractivity contribution in [3.8, 4) is 17.2 Å². The van der Waals surface area contributed by atoms with Crippen LogP contribution in [0.1, 0.15) is 30.9 Å². The van der Waals surface area contributed by atoms with Crippen molar-refractivity contribution in [2.75, 3.05) is 23.6 Å². The maximum Gasteiger partial charge on any atom is 0.416 e. The summed E-state index contributed by atoms with van der Waals surface area (Å²) >= 11 is 5.61. The van der Waals surface area contributed by atoms with Crippen LogP contribution in [0.2, 0.25) is 0 Å². The number of hydrogen-bond acceptors (Lipinski definition) is 6. The van der Waals surface area contributed by atoms with Crippen LogP contribution in [0, 0.1) is 0 Å². The lowest BCUT2D eigenvalue weighted by molar-refractivity contribution is -0.137. The molecule has 0 aliphatic carbocycles. The normalized spacial score (nSPS) is 16.3. The summed E-state index contributed by atoms with van der Waals surface area (Å²) in [6.45, 7) is 2.75. The first-order valence-corrected chi connectivity index (χ1v) is 13.3. The maximum absolute atomic E-state index is 13.7. The Balaban J connectivity index is 1.39. The molecule has 12 heteroatoms. The molecular formula is C29H26F3N3O5S. The molecule has 3 aromatic rings. The number of carbonyl (C=O) groups excluding carboxylic acids is 2. The zero-order valence-electron chi connectivity index (χ0n) is 21.9. The zero-order chi connectivity index (χ0) is 29.1. The average Bonchev–Trinajstić information content (AvgIpc) is 3.50. The van der Waals surface area contributed by atoms with Gasteiger partial charge in [-0.2, -0.15) is 13.2 Å². The minimum Gasteiger partial charge on any atom is -0.494 e. The van der Waals surface area contributed by atoms with Crippen LogP contribution < -0.4 is 24.4 Å². The Labute approximate surface area is 239 Å². The Hall–Kier alpha value is -4.32. The minimum atomic E-state index is -4.61. The van der Waals surface area contributed by atoms with E-state index in [1.54, 1.807) is 42.5 Å². The van der Waals surface area contributed by atoms with Gasteiger partial charge in [-0.15, -0.1) is 0 Å².